The molecule has 0 spiro atoms. The van der Waals surface area contributed by atoms with Gasteiger partial charge < -0.3 is 14.8 Å². The van der Waals surface area contributed by atoms with Crippen molar-refractivity contribution >= 4 is 17.0 Å². The second-order valence-electron chi connectivity index (χ2n) is 7.95. The third-order valence-electron chi connectivity index (χ3n) is 4.80. The van der Waals surface area contributed by atoms with Crippen LogP contribution in [0.25, 0.3) is 11.2 Å². The highest BCUT2D eigenvalue weighted by Gasteiger charge is 2.25. The SMILES string of the molecule is CC(C)Oc1cc(CCNc2ncnc3nccnc23)ccc1Oc1cc(C(C)(F)F)ccn1. The van der Waals surface area contributed by atoms with Crippen molar-refractivity contribution in [2.75, 3.05) is 11.9 Å². The van der Waals surface area contributed by atoms with Gasteiger partial charge in [0.2, 0.25) is 5.88 Å². The lowest BCUT2D eigenvalue weighted by molar-refractivity contribution is 0.0171. The third kappa shape index (κ3) is 5.69. The number of alkyl halides is 2. The molecule has 176 valence electrons. The van der Waals surface area contributed by atoms with Crippen LogP contribution in [0.15, 0.2) is 55.2 Å². The Morgan fingerprint density at radius 3 is 2.56 bits per heavy atom. The summed E-state index contributed by atoms with van der Waals surface area (Å²) in [6, 6.07) is 8.00. The lowest BCUT2D eigenvalue weighted by Gasteiger charge is -2.17. The molecule has 0 atom stereocenters. The van der Waals surface area contributed by atoms with Crippen LogP contribution in [0.4, 0.5) is 14.6 Å². The molecule has 0 saturated carbocycles. The predicted octanol–water partition coefficient (Wildman–Crippen LogP) is 5.16. The first kappa shape index (κ1) is 23.2. The summed E-state index contributed by atoms with van der Waals surface area (Å²) >= 11 is 0. The van der Waals surface area contributed by atoms with E-state index in [0.717, 1.165) is 12.5 Å². The highest BCUT2D eigenvalue weighted by atomic mass is 19.3. The van der Waals surface area contributed by atoms with Crippen LogP contribution in [-0.2, 0) is 12.3 Å². The number of anilines is 1. The molecule has 0 fully saturated rings. The number of ether oxygens (including phenoxy) is 2. The number of hydrogen-bond donors (Lipinski definition) is 1. The van der Waals surface area contributed by atoms with Crippen LogP contribution in [0.1, 0.15) is 31.9 Å². The molecule has 34 heavy (non-hydrogen) atoms. The van der Waals surface area contributed by atoms with Crippen molar-refractivity contribution in [2.24, 2.45) is 0 Å². The number of aromatic nitrogens is 5. The summed E-state index contributed by atoms with van der Waals surface area (Å²) in [5.41, 5.74) is 1.94. The van der Waals surface area contributed by atoms with Crippen LogP contribution < -0.4 is 14.8 Å². The minimum absolute atomic E-state index is 0.0683. The summed E-state index contributed by atoms with van der Waals surface area (Å²) in [5.74, 6) is -1.42. The van der Waals surface area contributed by atoms with Crippen LogP contribution >= 0.6 is 0 Å². The van der Waals surface area contributed by atoms with Crippen molar-refractivity contribution < 1.29 is 18.3 Å². The summed E-state index contributed by atoms with van der Waals surface area (Å²) < 4.78 is 39.1. The molecule has 0 unspecified atom stereocenters. The quantitative estimate of drug-likeness (QED) is 0.361. The van der Waals surface area contributed by atoms with Crippen LogP contribution in [0.2, 0.25) is 0 Å². The standard InChI is InChI=1S/C24H24F2N6O2/c1-15(2)33-19-12-16(6-8-29-22-21-23(32-14-31-22)30-11-10-28-21)4-5-18(19)34-20-13-17(7-9-27-20)24(3,25)26/h4-5,7,9-15H,6,8H2,1-3H3,(H,29,30,31,32). The van der Waals surface area contributed by atoms with Gasteiger partial charge in [0.15, 0.2) is 23.0 Å². The minimum atomic E-state index is -2.99. The molecule has 1 aromatic carbocycles. The summed E-state index contributed by atoms with van der Waals surface area (Å²) in [6.07, 6.45) is 6.47. The van der Waals surface area contributed by atoms with Gasteiger partial charge in [-0.05, 0) is 44.0 Å². The van der Waals surface area contributed by atoms with E-state index >= 15 is 0 Å². The molecule has 4 aromatic rings. The van der Waals surface area contributed by atoms with E-state index < -0.39 is 5.92 Å². The lowest BCUT2D eigenvalue weighted by Crippen LogP contribution is -2.10. The van der Waals surface area contributed by atoms with Gasteiger partial charge in [-0.1, -0.05) is 6.07 Å². The number of halogens is 2. The summed E-state index contributed by atoms with van der Waals surface area (Å²) in [5, 5.41) is 3.26. The monoisotopic (exact) mass is 466 g/mol. The molecule has 1 N–H and O–H groups in total. The van der Waals surface area contributed by atoms with E-state index in [-0.39, 0.29) is 17.5 Å². The fourth-order valence-corrected chi connectivity index (χ4v) is 3.24. The number of hydrogen-bond acceptors (Lipinski definition) is 8. The van der Waals surface area contributed by atoms with E-state index in [2.05, 4.69) is 30.2 Å². The van der Waals surface area contributed by atoms with Gasteiger partial charge in [-0.15, -0.1) is 0 Å². The minimum Gasteiger partial charge on any atom is -0.487 e. The van der Waals surface area contributed by atoms with E-state index in [9.17, 15) is 8.78 Å². The maximum absolute atomic E-state index is 13.7. The first-order valence-electron chi connectivity index (χ1n) is 10.8. The molecule has 0 aliphatic rings. The smallest absolute Gasteiger partial charge is 0.270 e. The fraction of sp³-hybridized carbons (Fsp3) is 0.292. The van der Waals surface area contributed by atoms with Crippen LogP contribution in [0, 0.1) is 0 Å². The summed E-state index contributed by atoms with van der Waals surface area (Å²) in [4.78, 5) is 20.9. The van der Waals surface area contributed by atoms with Crippen LogP contribution in [0.3, 0.4) is 0 Å². The van der Waals surface area contributed by atoms with Crippen LogP contribution in [0.5, 0.6) is 17.4 Å². The zero-order valence-electron chi connectivity index (χ0n) is 19.0. The molecule has 0 bridgehead atoms. The summed E-state index contributed by atoms with van der Waals surface area (Å²) in [6.45, 7) is 5.21. The third-order valence-corrected chi connectivity index (χ3v) is 4.80. The van der Waals surface area contributed by atoms with Crippen molar-refractivity contribution in [2.45, 2.75) is 39.2 Å². The van der Waals surface area contributed by atoms with Gasteiger partial charge in [0.1, 0.15) is 11.8 Å². The van der Waals surface area contributed by atoms with Gasteiger partial charge in [-0.25, -0.2) is 33.7 Å². The number of nitrogens with one attached hydrogen (secondary N) is 1. The maximum Gasteiger partial charge on any atom is 0.270 e. The Hall–Kier alpha value is -3.95. The number of fused-ring (bicyclic) bond motifs is 1. The first-order valence-corrected chi connectivity index (χ1v) is 10.8. The van der Waals surface area contributed by atoms with Crippen molar-refractivity contribution in [1.29, 1.82) is 0 Å². The zero-order chi connectivity index (χ0) is 24.1. The van der Waals surface area contributed by atoms with Crippen molar-refractivity contribution in [1.82, 2.24) is 24.9 Å². The fourth-order valence-electron chi connectivity index (χ4n) is 3.24. The maximum atomic E-state index is 13.7. The molecule has 4 rings (SSSR count). The largest absolute Gasteiger partial charge is 0.487 e. The van der Waals surface area contributed by atoms with E-state index in [1.165, 1.54) is 24.7 Å². The highest BCUT2D eigenvalue weighted by molar-refractivity contribution is 5.81. The average molecular weight is 466 g/mol. The zero-order valence-corrected chi connectivity index (χ0v) is 19.0. The van der Waals surface area contributed by atoms with E-state index in [0.29, 0.717) is 41.4 Å². The molecule has 3 aromatic heterocycles. The number of benzene rings is 1. The molecular formula is C24H24F2N6O2. The Morgan fingerprint density at radius 1 is 0.941 bits per heavy atom. The molecular weight excluding hydrogens is 442 g/mol. The van der Waals surface area contributed by atoms with Gasteiger partial charge in [-0.3, -0.25) is 0 Å². The summed E-state index contributed by atoms with van der Waals surface area (Å²) in [7, 11) is 0. The molecule has 0 aliphatic heterocycles. The number of rotatable bonds is 9. The van der Waals surface area contributed by atoms with Gasteiger partial charge in [-0.2, -0.15) is 0 Å². The van der Waals surface area contributed by atoms with E-state index in [1.807, 2.05) is 26.0 Å². The topological polar surface area (TPSA) is 94.9 Å². The van der Waals surface area contributed by atoms with E-state index in [1.54, 1.807) is 18.5 Å². The first-order chi connectivity index (χ1) is 16.3. The Labute approximate surface area is 195 Å². The lowest BCUT2D eigenvalue weighted by atomic mass is 10.1. The molecule has 10 heteroatoms. The van der Waals surface area contributed by atoms with Gasteiger partial charge in [0, 0.05) is 43.7 Å². The molecule has 0 radical (unpaired) electrons. The predicted molar refractivity (Wildman–Crippen MR) is 123 cm³/mol. The second-order valence-corrected chi connectivity index (χ2v) is 7.95. The normalized spacial score (nSPS) is 11.6. The number of nitrogens with zero attached hydrogens (tertiary/aromatic N) is 5. The molecule has 8 nitrogen and oxygen atoms in total. The van der Waals surface area contributed by atoms with Crippen molar-refractivity contribution in [3.63, 3.8) is 0 Å². The second kappa shape index (κ2) is 9.90. The highest BCUT2D eigenvalue weighted by Crippen LogP contribution is 2.35. The molecule has 0 amide bonds. The van der Waals surface area contributed by atoms with Gasteiger partial charge in [0.05, 0.1) is 6.10 Å². The molecule has 0 aliphatic carbocycles. The molecule has 0 saturated heterocycles. The van der Waals surface area contributed by atoms with Gasteiger partial charge >= 0.3 is 0 Å². The van der Waals surface area contributed by atoms with Crippen LogP contribution in [-0.4, -0.2) is 37.6 Å². The van der Waals surface area contributed by atoms with E-state index in [4.69, 9.17) is 9.47 Å². The van der Waals surface area contributed by atoms with Gasteiger partial charge in [0.25, 0.3) is 5.92 Å². The van der Waals surface area contributed by atoms with Crippen molar-refractivity contribution in [3.05, 3.63) is 66.4 Å². The average Bonchev–Trinajstić information content (AvgIpc) is 2.80. The molecule has 3 heterocycles. The Kier molecular flexibility index (Phi) is 6.76. The Bertz CT molecular complexity index is 1270. The Morgan fingerprint density at radius 2 is 1.76 bits per heavy atom. The Balaban J connectivity index is 1.49. The number of pyridine rings is 1. The van der Waals surface area contributed by atoms with Crippen molar-refractivity contribution in [3.8, 4) is 17.4 Å².